The zero-order chi connectivity index (χ0) is 19.4. The molecule has 0 aliphatic heterocycles. The summed E-state index contributed by atoms with van der Waals surface area (Å²) in [4.78, 5) is 19.1. The number of benzene rings is 2. The van der Waals surface area contributed by atoms with Crippen molar-refractivity contribution in [2.75, 3.05) is 19.5 Å². The standard InChI is InChI=1S/C19H18ClN3O4.Na/c1-26-15-7-4-11(9-16(15)27-8-2-3-17(24)25)18-13-10-12(20)5-6-14(13)22-19(21)23-18;/h4-7,9-10H,2-3,8H2,1H3,(H,24,25)(H2,21,22,23);/q;+1/p-1. The quantitative estimate of drug-likeness (QED) is 0.412. The molecule has 2 aromatic carbocycles. The number of hydrogen-bond donors (Lipinski definition) is 1. The van der Waals surface area contributed by atoms with Crippen LogP contribution in [0.25, 0.3) is 22.2 Å². The third-order valence-corrected chi connectivity index (χ3v) is 4.13. The number of carbonyl (C=O) groups is 1. The van der Waals surface area contributed by atoms with Crippen LogP contribution in [0.1, 0.15) is 12.8 Å². The maximum Gasteiger partial charge on any atom is 1.00 e. The second kappa shape index (κ2) is 9.93. The van der Waals surface area contributed by atoms with Crippen LogP contribution in [0.2, 0.25) is 5.02 Å². The zero-order valence-corrected chi connectivity index (χ0v) is 18.3. The van der Waals surface area contributed by atoms with Crippen LogP contribution >= 0.6 is 11.6 Å². The van der Waals surface area contributed by atoms with E-state index < -0.39 is 5.97 Å². The number of methoxy groups -OCH3 is 1. The van der Waals surface area contributed by atoms with E-state index in [1.54, 1.807) is 30.3 Å². The predicted octanol–water partition coefficient (Wildman–Crippen LogP) is -0.546. The Labute approximate surface area is 189 Å². The first kappa shape index (κ1) is 22.2. The van der Waals surface area contributed by atoms with Crippen LogP contribution in [0.5, 0.6) is 11.5 Å². The molecule has 9 heteroatoms. The topological polar surface area (TPSA) is 110 Å². The molecule has 0 unspecified atom stereocenters. The molecule has 0 radical (unpaired) electrons. The third-order valence-electron chi connectivity index (χ3n) is 3.89. The molecule has 0 spiro atoms. The van der Waals surface area contributed by atoms with E-state index in [2.05, 4.69) is 9.97 Å². The summed E-state index contributed by atoms with van der Waals surface area (Å²) in [6.45, 7) is 0.215. The van der Waals surface area contributed by atoms with E-state index in [9.17, 15) is 9.90 Å². The van der Waals surface area contributed by atoms with Gasteiger partial charge in [-0.25, -0.2) is 9.97 Å². The van der Waals surface area contributed by atoms with Gasteiger partial charge in [-0.3, -0.25) is 0 Å². The molecule has 140 valence electrons. The summed E-state index contributed by atoms with van der Waals surface area (Å²) in [6, 6.07) is 10.6. The van der Waals surface area contributed by atoms with E-state index in [4.69, 9.17) is 26.8 Å². The Balaban J connectivity index is 0.00000280. The SMILES string of the molecule is COc1ccc(-c2nc(N)nc3ccc(Cl)cc23)cc1OCCCC(=O)[O-].[Na+]. The number of fused-ring (bicyclic) bond motifs is 1. The predicted molar refractivity (Wildman–Crippen MR) is 101 cm³/mol. The average molecular weight is 410 g/mol. The number of anilines is 1. The minimum Gasteiger partial charge on any atom is -0.550 e. The number of carboxylic acids is 1. The summed E-state index contributed by atoms with van der Waals surface area (Å²) in [7, 11) is 1.53. The fraction of sp³-hybridized carbons (Fsp3) is 0.211. The second-order valence-electron chi connectivity index (χ2n) is 5.78. The number of hydrogen-bond acceptors (Lipinski definition) is 7. The number of carbonyl (C=O) groups excluding carboxylic acids is 1. The number of nitrogens with two attached hydrogens (primary N) is 1. The van der Waals surface area contributed by atoms with Crippen molar-refractivity contribution in [3.63, 3.8) is 0 Å². The van der Waals surface area contributed by atoms with Gasteiger partial charge in [0.05, 0.1) is 24.9 Å². The van der Waals surface area contributed by atoms with Crippen LogP contribution in [0.3, 0.4) is 0 Å². The molecule has 3 rings (SSSR count). The number of nitrogen functional groups attached to an aromatic ring is 1. The number of carboxylic acid groups (broad SMARTS) is 1. The van der Waals surface area contributed by atoms with Crippen molar-refractivity contribution >= 4 is 34.4 Å². The van der Waals surface area contributed by atoms with Gasteiger partial charge in [0, 0.05) is 21.9 Å². The minimum atomic E-state index is -1.11. The van der Waals surface area contributed by atoms with Gasteiger partial charge in [0.15, 0.2) is 11.5 Å². The van der Waals surface area contributed by atoms with E-state index in [-0.39, 0.29) is 48.5 Å². The molecule has 2 N–H and O–H groups in total. The Kier molecular flexibility index (Phi) is 7.88. The third kappa shape index (κ3) is 5.26. The fourth-order valence-corrected chi connectivity index (χ4v) is 2.85. The average Bonchev–Trinajstić information content (AvgIpc) is 2.64. The van der Waals surface area contributed by atoms with Crippen molar-refractivity contribution in [3.8, 4) is 22.8 Å². The van der Waals surface area contributed by atoms with E-state index in [1.165, 1.54) is 7.11 Å². The van der Waals surface area contributed by atoms with Crippen molar-refractivity contribution in [3.05, 3.63) is 41.4 Å². The summed E-state index contributed by atoms with van der Waals surface area (Å²) in [5.74, 6) is 0.0310. The zero-order valence-electron chi connectivity index (χ0n) is 15.6. The Morgan fingerprint density at radius 2 is 1.96 bits per heavy atom. The van der Waals surface area contributed by atoms with Gasteiger partial charge < -0.3 is 25.1 Å². The first-order valence-electron chi connectivity index (χ1n) is 8.22. The molecule has 3 aromatic rings. The molecule has 0 fully saturated rings. The molecule has 0 aliphatic carbocycles. The van der Waals surface area contributed by atoms with E-state index >= 15 is 0 Å². The van der Waals surface area contributed by atoms with Crippen LogP contribution in [0, 0.1) is 0 Å². The van der Waals surface area contributed by atoms with Crippen LogP contribution in [0.15, 0.2) is 36.4 Å². The van der Waals surface area contributed by atoms with Crippen LogP contribution in [-0.2, 0) is 4.79 Å². The molecule has 0 bridgehead atoms. The molecule has 1 heterocycles. The van der Waals surface area contributed by atoms with E-state index in [1.807, 2.05) is 6.07 Å². The van der Waals surface area contributed by atoms with Crippen molar-refractivity contribution < 1.29 is 48.9 Å². The minimum absolute atomic E-state index is 0. The number of nitrogens with zero attached hydrogens (tertiary/aromatic N) is 2. The Morgan fingerprint density at radius 1 is 1.18 bits per heavy atom. The van der Waals surface area contributed by atoms with Crippen molar-refractivity contribution in [2.24, 2.45) is 0 Å². The fourth-order valence-electron chi connectivity index (χ4n) is 2.67. The number of rotatable bonds is 7. The summed E-state index contributed by atoms with van der Waals surface area (Å²) < 4.78 is 11.0. The van der Waals surface area contributed by atoms with Gasteiger partial charge in [-0.1, -0.05) is 11.6 Å². The van der Waals surface area contributed by atoms with Gasteiger partial charge in [-0.2, -0.15) is 0 Å². The molecular formula is C19H17ClN3NaO4. The van der Waals surface area contributed by atoms with E-state index in [0.717, 1.165) is 10.9 Å². The summed E-state index contributed by atoms with van der Waals surface area (Å²) in [5, 5.41) is 11.8. The summed E-state index contributed by atoms with van der Waals surface area (Å²) in [5.41, 5.74) is 7.88. The van der Waals surface area contributed by atoms with Crippen LogP contribution < -0.4 is 49.9 Å². The van der Waals surface area contributed by atoms with Gasteiger partial charge in [-0.05, 0) is 49.2 Å². The molecule has 7 nitrogen and oxygen atoms in total. The first-order chi connectivity index (χ1) is 13.0. The van der Waals surface area contributed by atoms with Crippen molar-refractivity contribution in [1.29, 1.82) is 0 Å². The van der Waals surface area contributed by atoms with Gasteiger partial charge in [0.1, 0.15) is 0 Å². The molecule has 0 atom stereocenters. The summed E-state index contributed by atoms with van der Waals surface area (Å²) in [6.07, 6.45) is 0.252. The number of ether oxygens (including phenoxy) is 2. The maximum absolute atomic E-state index is 10.5. The molecule has 1 aromatic heterocycles. The normalized spacial score (nSPS) is 10.4. The number of aliphatic carboxylic acids is 1. The van der Waals surface area contributed by atoms with E-state index in [0.29, 0.717) is 34.2 Å². The Morgan fingerprint density at radius 3 is 2.68 bits per heavy atom. The second-order valence-corrected chi connectivity index (χ2v) is 6.22. The number of aromatic nitrogens is 2. The molecule has 0 aliphatic rings. The van der Waals surface area contributed by atoms with Gasteiger partial charge in [-0.15, -0.1) is 0 Å². The molecule has 0 amide bonds. The smallest absolute Gasteiger partial charge is 0.550 e. The Hall–Kier alpha value is -2.06. The Bertz CT molecular complexity index is 1000. The van der Waals surface area contributed by atoms with Gasteiger partial charge in [0.25, 0.3) is 0 Å². The summed E-state index contributed by atoms with van der Waals surface area (Å²) >= 11 is 6.12. The molecule has 28 heavy (non-hydrogen) atoms. The van der Waals surface area contributed by atoms with Crippen LogP contribution in [-0.4, -0.2) is 29.7 Å². The molecule has 0 saturated heterocycles. The molecule has 0 saturated carbocycles. The first-order valence-corrected chi connectivity index (χ1v) is 8.59. The van der Waals surface area contributed by atoms with Gasteiger partial charge in [0.2, 0.25) is 5.95 Å². The maximum atomic E-state index is 10.5. The monoisotopic (exact) mass is 409 g/mol. The van der Waals surface area contributed by atoms with Crippen molar-refractivity contribution in [2.45, 2.75) is 12.8 Å². The molecular weight excluding hydrogens is 393 g/mol. The van der Waals surface area contributed by atoms with Gasteiger partial charge >= 0.3 is 29.6 Å². The van der Waals surface area contributed by atoms with Crippen LogP contribution in [0.4, 0.5) is 5.95 Å². The largest absolute Gasteiger partial charge is 1.00 e. The van der Waals surface area contributed by atoms with Crippen molar-refractivity contribution in [1.82, 2.24) is 9.97 Å². The number of halogens is 1.